The van der Waals surface area contributed by atoms with Crippen molar-refractivity contribution in [3.63, 3.8) is 0 Å². The van der Waals surface area contributed by atoms with Gasteiger partial charge in [-0.1, -0.05) is 13.8 Å². The zero-order valence-corrected chi connectivity index (χ0v) is 8.89. The first-order chi connectivity index (χ1) is 6.02. The van der Waals surface area contributed by atoms with Crippen LogP contribution in [0.15, 0.2) is 0 Å². The van der Waals surface area contributed by atoms with E-state index in [2.05, 4.69) is 10.2 Å². The molecule has 0 radical (unpaired) electrons. The van der Waals surface area contributed by atoms with Crippen LogP contribution >= 0.6 is 0 Å². The summed E-state index contributed by atoms with van der Waals surface area (Å²) >= 11 is 0. The molecule has 0 aliphatic carbocycles. The van der Waals surface area contributed by atoms with Gasteiger partial charge in [0.05, 0.1) is 0 Å². The van der Waals surface area contributed by atoms with Crippen molar-refractivity contribution in [2.45, 2.75) is 20.8 Å². The van der Waals surface area contributed by atoms with Crippen molar-refractivity contribution in [1.82, 2.24) is 10.2 Å². The molecule has 0 atom stereocenters. The van der Waals surface area contributed by atoms with Gasteiger partial charge < -0.3 is 5.32 Å². The molecular weight excluding hydrogens is 164 g/mol. The molecule has 0 aromatic rings. The average Bonchev–Trinajstić information content (AvgIpc) is 2.05. The molecule has 1 aliphatic rings. The van der Waals surface area contributed by atoms with Crippen molar-refractivity contribution in [1.29, 1.82) is 0 Å². The van der Waals surface area contributed by atoms with E-state index in [0.29, 0.717) is 0 Å². The van der Waals surface area contributed by atoms with Crippen LogP contribution in [0.5, 0.6) is 0 Å². The van der Waals surface area contributed by atoms with E-state index in [-0.39, 0.29) is 11.2 Å². The molecule has 3 heteroatoms. The number of nitrogens with zero attached hydrogens (tertiary/aromatic N) is 1. The highest BCUT2D eigenvalue weighted by atomic mass is 16.1. The second kappa shape index (κ2) is 4.20. The van der Waals surface area contributed by atoms with Crippen molar-refractivity contribution in [2.75, 3.05) is 32.7 Å². The van der Waals surface area contributed by atoms with Gasteiger partial charge in [-0.2, -0.15) is 0 Å². The Morgan fingerprint density at radius 3 is 2.38 bits per heavy atom. The highest BCUT2D eigenvalue weighted by Crippen LogP contribution is 2.18. The van der Waals surface area contributed by atoms with Crippen molar-refractivity contribution in [2.24, 2.45) is 5.41 Å². The minimum atomic E-state index is -0.183. The first kappa shape index (κ1) is 10.7. The Hall–Kier alpha value is -0.410. The SMILES string of the molecule is CC(=O)C(C)(C)CN1CCNCC1. The first-order valence-electron chi connectivity index (χ1n) is 4.96. The van der Waals surface area contributed by atoms with Crippen molar-refractivity contribution >= 4 is 5.78 Å². The van der Waals surface area contributed by atoms with Crippen LogP contribution in [0.25, 0.3) is 0 Å². The summed E-state index contributed by atoms with van der Waals surface area (Å²) in [6, 6.07) is 0. The lowest BCUT2D eigenvalue weighted by molar-refractivity contribution is -0.125. The van der Waals surface area contributed by atoms with E-state index in [1.165, 1.54) is 0 Å². The van der Waals surface area contributed by atoms with Crippen LogP contribution in [0.3, 0.4) is 0 Å². The molecule has 1 fully saturated rings. The van der Waals surface area contributed by atoms with Gasteiger partial charge in [-0.25, -0.2) is 0 Å². The molecule has 0 saturated carbocycles. The molecule has 0 unspecified atom stereocenters. The minimum absolute atomic E-state index is 0.183. The molecule has 13 heavy (non-hydrogen) atoms. The lowest BCUT2D eigenvalue weighted by Crippen LogP contribution is -2.48. The second-order valence-electron chi connectivity index (χ2n) is 4.47. The quantitative estimate of drug-likeness (QED) is 0.693. The molecular formula is C10H20N2O. The fourth-order valence-electron chi connectivity index (χ4n) is 1.54. The molecule has 1 rings (SSSR count). The molecule has 0 amide bonds. The van der Waals surface area contributed by atoms with Gasteiger partial charge in [0, 0.05) is 38.1 Å². The lowest BCUT2D eigenvalue weighted by atomic mass is 9.88. The summed E-state index contributed by atoms with van der Waals surface area (Å²) in [6.45, 7) is 10.9. The maximum atomic E-state index is 11.3. The molecule has 0 aromatic heterocycles. The summed E-state index contributed by atoms with van der Waals surface area (Å²) in [5, 5.41) is 3.30. The summed E-state index contributed by atoms with van der Waals surface area (Å²) in [4.78, 5) is 13.7. The van der Waals surface area contributed by atoms with E-state index >= 15 is 0 Å². The van der Waals surface area contributed by atoms with E-state index in [9.17, 15) is 4.79 Å². The van der Waals surface area contributed by atoms with Crippen LogP contribution in [0, 0.1) is 5.41 Å². The van der Waals surface area contributed by atoms with Crippen molar-refractivity contribution < 1.29 is 4.79 Å². The third-order valence-electron chi connectivity index (χ3n) is 2.78. The van der Waals surface area contributed by atoms with Gasteiger partial charge >= 0.3 is 0 Å². The van der Waals surface area contributed by atoms with Crippen LogP contribution in [0.2, 0.25) is 0 Å². The number of hydrogen-bond donors (Lipinski definition) is 1. The van der Waals surface area contributed by atoms with Crippen LogP contribution in [-0.2, 0) is 4.79 Å². The Bertz CT molecular complexity index is 183. The Morgan fingerprint density at radius 1 is 1.38 bits per heavy atom. The number of hydrogen-bond acceptors (Lipinski definition) is 3. The van der Waals surface area contributed by atoms with E-state index in [1.807, 2.05) is 13.8 Å². The van der Waals surface area contributed by atoms with Crippen LogP contribution in [0.1, 0.15) is 20.8 Å². The molecule has 1 aliphatic heterocycles. The summed E-state index contributed by atoms with van der Waals surface area (Å²) in [7, 11) is 0. The molecule has 3 nitrogen and oxygen atoms in total. The predicted molar refractivity (Wildman–Crippen MR) is 53.8 cm³/mol. The van der Waals surface area contributed by atoms with Gasteiger partial charge in [-0.3, -0.25) is 9.69 Å². The second-order valence-corrected chi connectivity index (χ2v) is 4.47. The Morgan fingerprint density at radius 2 is 1.92 bits per heavy atom. The Labute approximate surface area is 80.5 Å². The molecule has 0 bridgehead atoms. The average molecular weight is 184 g/mol. The number of ketones is 1. The van der Waals surface area contributed by atoms with Gasteiger partial charge in [0.25, 0.3) is 0 Å². The zero-order valence-electron chi connectivity index (χ0n) is 8.89. The summed E-state index contributed by atoms with van der Waals surface area (Å²) < 4.78 is 0. The van der Waals surface area contributed by atoms with Gasteiger partial charge in [-0.05, 0) is 6.92 Å². The smallest absolute Gasteiger partial charge is 0.136 e. The topological polar surface area (TPSA) is 32.3 Å². The summed E-state index contributed by atoms with van der Waals surface area (Å²) in [5.74, 6) is 0.283. The molecule has 1 N–H and O–H groups in total. The van der Waals surface area contributed by atoms with E-state index in [1.54, 1.807) is 6.92 Å². The third-order valence-corrected chi connectivity index (χ3v) is 2.78. The number of carbonyl (C=O) groups excluding carboxylic acids is 1. The summed E-state index contributed by atoms with van der Waals surface area (Å²) in [5.41, 5.74) is -0.183. The van der Waals surface area contributed by atoms with Gasteiger partial charge in [-0.15, -0.1) is 0 Å². The fraction of sp³-hybridized carbons (Fsp3) is 0.900. The normalized spacial score (nSPS) is 20.2. The third kappa shape index (κ3) is 3.08. The van der Waals surface area contributed by atoms with Gasteiger partial charge in [0.1, 0.15) is 5.78 Å². The maximum Gasteiger partial charge on any atom is 0.136 e. The maximum absolute atomic E-state index is 11.3. The number of piperazine rings is 1. The number of Topliss-reactive ketones (excluding diaryl/α,β-unsaturated/α-hetero) is 1. The van der Waals surface area contributed by atoms with Crippen LogP contribution < -0.4 is 5.32 Å². The standard InChI is InChI=1S/C10H20N2O/c1-9(13)10(2,3)8-12-6-4-11-5-7-12/h11H,4-8H2,1-3H3. The zero-order chi connectivity index (χ0) is 9.90. The van der Waals surface area contributed by atoms with Crippen LogP contribution in [0.4, 0.5) is 0 Å². The molecule has 1 heterocycles. The highest BCUT2D eigenvalue weighted by molar-refractivity contribution is 5.81. The molecule has 1 saturated heterocycles. The number of carbonyl (C=O) groups is 1. The van der Waals surface area contributed by atoms with E-state index < -0.39 is 0 Å². The van der Waals surface area contributed by atoms with Crippen LogP contribution in [-0.4, -0.2) is 43.4 Å². The highest BCUT2D eigenvalue weighted by Gasteiger charge is 2.26. The number of rotatable bonds is 3. The van der Waals surface area contributed by atoms with Gasteiger partial charge in [0.15, 0.2) is 0 Å². The Balaban J connectivity index is 2.41. The summed E-state index contributed by atoms with van der Waals surface area (Å²) in [6.07, 6.45) is 0. The largest absolute Gasteiger partial charge is 0.314 e. The molecule has 0 spiro atoms. The molecule has 0 aromatic carbocycles. The predicted octanol–water partition coefficient (Wildman–Crippen LogP) is 0.507. The number of nitrogens with one attached hydrogen (secondary N) is 1. The van der Waals surface area contributed by atoms with Gasteiger partial charge in [0.2, 0.25) is 0 Å². The monoisotopic (exact) mass is 184 g/mol. The minimum Gasteiger partial charge on any atom is -0.314 e. The van der Waals surface area contributed by atoms with Crippen molar-refractivity contribution in [3.8, 4) is 0 Å². The lowest BCUT2D eigenvalue weighted by Gasteiger charge is -2.33. The molecule has 76 valence electrons. The van der Waals surface area contributed by atoms with Crippen molar-refractivity contribution in [3.05, 3.63) is 0 Å². The first-order valence-corrected chi connectivity index (χ1v) is 4.96. The van der Waals surface area contributed by atoms with E-state index in [0.717, 1.165) is 32.7 Å². The fourth-order valence-corrected chi connectivity index (χ4v) is 1.54. The Kier molecular flexibility index (Phi) is 3.45. The van der Waals surface area contributed by atoms with E-state index in [4.69, 9.17) is 0 Å².